The summed E-state index contributed by atoms with van der Waals surface area (Å²) in [6, 6.07) is 28.2. The average molecular weight is 465 g/mol. The number of carboxylic acids is 1. The summed E-state index contributed by atoms with van der Waals surface area (Å²) in [5.74, 6) is -1.21. The van der Waals surface area contributed by atoms with E-state index in [9.17, 15) is 14.7 Å². The highest BCUT2D eigenvalue weighted by Crippen LogP contribution is 2.44. The second-order valence-electron chi connectivity index (χ2n) is 8.48. The number of ether oxygens (including phenoxy) is 1. The van der Waals surface area contributed by atoms with Gasteiger partial charge >= 0.3 is 12.1 Å². The third kappa shape index (κ3) is 4.77. The minimum absolute atomic E-state index is 0.0874. The van der Waals surface area contributed by atoms with Gasteiger partial charge in [-0.2, -0.15) is 0 Å². The first-order chi connectivity index (χ1) is 17.1. The predicted molar refractivity (Wildman–Crippen MR) is 133 cm³/mol. The second-order valence-corrected chi connectivity index (χ2v) is 8.48. The third-order valence-electron chi connectivity index (χ3n) is 6.29. The maximum Gasteiger partial charge on any atom is 0.407 e. The minimum atomic E-state index is -1.12. The number of rotatable bonds is 7. The molecule has 1 aliphatic carbocycles. The van der Waals surface area contributed by atoms with E-state index in [0.29, 0.717) is 0 Å². The van der Waals surface area contributed by atoms with Crippen LogP contribution in [0.2, 0.25) is 0 Å². The lowest BCUT2D eigenvalue weighted by Gasteiger charge is -2.17. The molecule has 0 fully saturated rings. The molecule has 2 N–H and O–H groups in total. The van der Waals surface area contributed by atoms with Crippen molar-refractivity contribution < 1.29 is 19.4 Å². The molecule has 1 amide bonds. The Kier molecular flexibility index (Phi) is 6.26. The number of benzene rings is 3. The van der Waals surface area contributed by atoms with Crippen molar-refractivity contribution in [3.05, 3.63) is 114 Å². The molecule has 1 heterocycles. The monoisotopic (exact) mass is 464 g/mol. The van der Waals surface area contributed by atoms with Gasteiger partial charge in [0.25, 0.3) is 0 Å². The molecular weight excluding hydrogens is 440 g/mol. The van der Waals surface area contributed by atoms with Crippen LogP contribution < -0.4 is 5.32 Å². The Labute approximate surface area is 203 Å². The third-order valence-corrected chi connectivity index (χ3v) is 6.29. The summed E-state index contributed by atoms with van der Waals surface area (Å²) < 4.78 is 5.51. The second kappa shape index (κ2) is 9.81. The Morgan fingerprint density at radius 3 is 2.09 bits per heavy atom. The minimum Gasteiger partial charge on any atom is -0.480 e. The van der Waals surface area contributed by atoms with Crippen LogP contribution in [0.1, 0.15) is 22.6 Å². The molecule has 6 heteroatoms. The standard InChI is InChI=1S/C29H24N2O4/c32-28(33)27(17-19-12-14-20(15-13-19)26-11-5-6-16-30-26)31-29(34)35-18-25-23-9-3-1-7-21(23)22-8-2-4-10-24(22)25/h1-16,25,27H,17-18H2,(H,31,34)(H,32,33)/t27-/m0/s1. The molecule has 174 valence electrons. The number of aromatic nitrogens is 1. The zero-order valence-electron chi connectivity index (χ0n) is 18.9. The first-order valence-electron chi connectivity index (χ1n) is 11.4. The number of pyridine rings is 1. The summed E-state index contributed by atoms with van der Waals surface area (Å²) in [5.41, 5.74) is 7.03. The van der Waals surface area contributed by atoms with Gasteiger partial charge in [-0.25, -0.2) is 9.59 Å². The number of carbonyl (C=O) groups is 2. The Morgan fingerprint density at radius 1 is 0.857 bits per heavy atom. The van der Waals surface area contributed by atoms with Crippen molar-refractivity contribution in [1.29, 1.82) is 0 Å². The molecular formula is C29H24N2O4. The topological polar surface area (TPSA) is 88.5 Å². The van der Waals surface area contributed by atoms with Gasteiger partial charge in [0.15, 0.2) is 0 Å². The average Bonchev–Trinajstić information content (AvgIpc) is 3.21. The van der Waals surface area contributed by atoms with Gasteiger partial charge in [0, 0.05) is 24.1 Å². The van der Waals surface area contributed by atoms with Gasteiger partial charge < -0.3 is 15.2 Å². The molecule has 1 aromatic heterocycles. The fraction of sp³-hybridized carbons (Fsp3) is 0.138. The molecule has 0 bridgehead atoms. The molecule has 1 aliphatic rings. The van der Waals surface area contributed by atoms with Crippen LogP contribution in [0.25, 0.3) is 22.4 Å². The van der Waals surface area contributed by atoms with E-state index in [4.69, 9.17) is 4.74 Å². The fourth-order valence-electron chi connectivity index (χ4n) is 4.56. The van der Waals surface area contributed by atoms with Crippen LogP contribution >= 0.6 is 0 Å². The normalized spacial score (nSPS) is 12.9. The smallest absolute Gasteiger partial charge is 0.407 e. The van der Waals surface area contributed by atoms with Crippen molar-refractivity contribution >= 4 is 12.1 Å². The van der Waals surface area contributed by atoms with E-state index in [1.807, 2.05) is 78.9 Å². The molecule has 0 saturated carbocycles. The quantitative estimate of drug-likeness (QED) is 0.388. The highest BCUT2D eigenvalue weighted by Gasteiger charge is 2.29. The molecule has 0 aliphatic heterocycles. The summed E-state index contributed by atoms with van der Waals surface area (Å²) in [4.78, 5) is 28.7. The SMILES string of the molecule is O=C(N[C@@H](Cc1ccc(-c2ccccn2)cc1)C(=O)O)OCC1c2ccccc2-c2ccccc21. The highest BCUT2D eigenvalue weighted by atomic mass is 16.5. The maximum atomic E-state index is 12.6. The van der Waals surface area contributed by atoms with Gasteiger partial charge in [-0.1, -0.05) is 78.9 Å². The maximum absolute atomic E-state index is 12.6. The number of alkyl carbamates (subject to hydrolysis) is 1. The zero-order chi connectivity index (χ0) is 24.2. The van der Waals surface area contributed by atoms with Crippen LogP contribution in [0.15, 0.2) is 97.2 Å². The number of fused-ring (bicyclic) bond motifs is 3. The van der Waals surface area contributed by atoms with Crippen molar-refractivity contribution in [3.8, 4) is 22.4 Å². The summed E-state index contributed by atoms with van der Waals surface area (Å²) in [6.07, 6.45) is 1.12. The van der Waals surface area contributed by atoms with E-state index in [0.717, 1.165) is 39.1 Å². The van der Waals surface area contributed by atoms with E-state index < -0.39 is 18.1 Å². The van der Waals surface area contributed by atoms with Crippen LogP contribution in [-0.2, 0) is 16.0 Å². The van der Waals surface area contributed by atoms with Gasteiger partial charge in [0.05, 0.1) is 5.69 Å². The highest BCUT2D eigenvalue weighted by molar-refractivity contribution is 5.81. The number of hydrogen-bond donors (Lipinski definition) is 2. The molecule has 4 aromatic rings. The molecule has 0 radical (unpaired) electrons. The van der Waals surface area contributed by atoms with Gasteiger partial charge in [0.2, 0.25) is 0 Å². The lowest BCUT2D eigenvalue weighted by molar-refractivity contribution is -0.139. The fourth-order valence-corrected chi connectivity index (χ4v) is 4.56. The van der Waals surface area contributed by atoms with Crippen molar-refractivity contribution in [2.24, 2.45) is 0 Å². The number of hydrogen-bond acceptors (Lipinski definition) is 4. The molecule has 1 atom stereocenters. The Bertz CT molecular complexity index is 1310. The van der Waals surface area contributed by atoms with E-state index >= 15 is 0 Å². The zero-order valence-corrected chi connectivity index (χ0v) is 18.9. The van der Waals surface area contributed by atoms with E-state index in [2.05, 4.69) is 22.4 Å². The number of carboxylic acid groups (broad SMARTS) is 1. The van der Waals surface area contributed by atoms with Gasteiger partial charge in [-0.3, -0.25) is 4.98 Å². The summed E-state index contributed by atoms with van der Waals surface area (Å²) in [7, 11) is 0. The van der Waals surface area contributed by atoms with E-state index in [1.165, 1.54) is 0 Å². The van der Waals surface area contributed by atoms with Crippen molar-refractivity contribution in [1.82, 2.24) is 10.3 Å². The summed E-state index contributed by atoms with van der Waals surface area (Å²) in [6.45, 7) is 0.130. The lowest BCUT2D eigenvalue weighted by atomic mass is 9.98. The van der Waals surface area contributed by atoms with Crippen molar-refractivity contribution in [2.45, 2.75) is 18.4 Å². The number of nitrogens with zero attached hydrogens (tertiary/aromatic N) is 1. The van der Waals surface area contributed by atoms with Crippen LogP contribution in [0.3, 0.4) is 0 Å². The number of aliphatic carboxylic acids is 1. The molecule has 5 rings (SSSR count). The van der Waals surface area contributed by atoms with Gasteiger partial charge in [0.1, 0.15) is 12.6 Å². The molecule has 0 unspecified atom stereocenters. The Morgan fingerprint density at radius 2 is 1.49 bits per heavy atom. The van der Waals surface area contributed by atoms with Crippen LogP contribution in [-0.4, -0.2) is 34.8 Å². The van der Waals surface area contributed by atoms with Crippen molar-refractivity contribution in [2.75, 3.05) is 6.61 Å². The largest absolute Gasteiger partial charge is 0.480 e. The Balaban J connectivity index is 1.23. The lowest BCUT2D eigenvalue weighted by Crippen LogP contribution is -2.42. The number of carbonyl (C=O) groups excluding carboxylic acids is 1. The number of amides is 1. The molecule has 0 spiro atoms. The predicted octanol–water partition coefficient (Wildman–Crippen LogP) is 5.28. The van der Waals surface area contributed by atoms with Crippen LogP contribution in [0, 0.1) is 0 Å². The number of nitrogens with one attached hydrogen (secondary N) is 1. The molecule has 35 heavy (non-hydrogen) atoms. The molecule has 3 aromatic carbocycles. The van der Waals surface area contributed by atoms with Gasteiger partial charge in [-0.05, 0) is 39.9 Å². The summed E-state index contributed by atoms with van der Waals surface area (Å²) >= 11 is 0. The summed E-state index contributed by atoms with van der Waals surface area (Å²) in [5, 5.41) is 12.2. The van der Waals surface area contributed by atoms with E-state index in [-0.39, 0.29) is 18.9 Å². The van der Waals surface area contributed by atoms with Crippen LogP contribution in [0.5, 0.6) is 0 Å². The van der Waals surface area contributed by atoms with Crippen LogP contribution in [0.4, 0.5) is 4.79 Å². The Hall–Kier alpha value is -4.45. The van der Waals surface area contributed by atoms with Crippen molar-refractivity contribution in [3.63, 3.8) is 0 Å². The molecule has 0 saturated heterocycles. The van der Waals surface area contributed by atoms with E-state index in [1.54, 1.807) is 6.20 Å². The first-order valence-corrected chi connectivity index (χ1v) is 11.4. The first kappa shape index (κ1) is 22.3. The molecule has 6 nitrogen and oxygen atoms in total. The van der Waals surface area contributed by atoms with Gasteiger partial charge in [-0.15, -0.1) is 0 Å².